The molecule has 3 rings (SSSR count). The second-order valence-electron chi connectivity index (χ2n) is 5.65. The summed E-state index contributed by atoms with van der Waals surface area (Å²) in [7, 11) is 0. The van der Waals surface area contributed by atoms with Crippen molar-refractivity contribution in [3.63, 3.8) is 0 Å². The van der Waals surface area contributed by atoms with Crippen LogP contribution >= 0.6 is 0 Å². The number of para-hydroxylation sites is 1. The molecule has 2 aromatic carbocycles. The molecule has 6 heteroatoms. The van der Waals surface area contributed by atoms with E-state index in [9.17, 15) is 9.18 Å². The Morgan fingerprint density at radius 1 is 1.00 bits per heavy atom. The molecule has 0 aliphatic heterocycles. The molecule has 0 unspecified atom stereocenters. The van der Waals surface area contributed by atoms with Gasteiger partial charge in [-0.15, -0.1) is 0 Å². The molecule has 0 saturated carbocycles. The monoisotopic (exact) mass is 336 g/mol. The minimum absolute atomic E-state index is 0.216. The van der Waals surface area contributed by atoms with E-state index in [0.717, 1.165) is 11.1 Å². The average Bonchev–Trinajstić information content (AvgIpc) is 2.61. The van der Waals surface area contributed by atoms with Gasteiger partial charge < -0.3 is 10.6 Å². The Kier molecular flexibility index (Phi) is 4.70. The SMILES string of the molecule is Cc1ccc(NC(=O)c2cnc(Nc3ccccc3F)nc2)cc1C. The third-order valence-corrected chi connectivity index (χ3v) is 3.80. The summed E-state index contributed by atoms with van der Waals surface area (Å²) in [6.07, 6.45) is 2.79. The van der Waals surface area contributed by atoms with Crippen molar-refractivity contribution in [3.8, 4) is 0 Å². The molecule has 0 saturated heterocycles. The number of anilines is 3. The van der Waals surface area contributed by atoms with Crippen molar-refractivity contribution in [1.29, 1.82) is 0 Å². The quantitative estimate of drug-likeness (QED) is 0.748. The molecule has 0 radical (unpaired) electrons. The number of nitrogens with one attached hydrogen (secondary N) is 2. The summed E-state index contributed by atoms with van der Waals surface area (Å²) in [6.45, 7) is 3.99. The van der Waals surface area contributed by atoms with E-state index in [1.807, 2.05) is 32.0 Å². The van der Waals surface area contributed by atoms with Gasteiger partial charge in [-0.05, 0) is 49.2 Å². The third-order valence-electron chi connectivity index (χ3n) is 3.80. The molecule has 0 aliphatic carbocycles. The van der Waals surface area contributed by atoms with Crippen LogP contribution in [0, 0.1) is 19.7 Å². The first-order valence-electron chi connectivity index (χ1n) is 7.75. The van der Waals surface area contributed by atoms with Gasteiger partial charge in [-0.1, -0.05) is 18.2 Å². The van der Waals surface area contributed by atoms with Crippen LogP contribution in [0.1, 0.15) is 21.5 Å². The second-order valence-corrected chi connectivity index (χ2v) is 5.65. The van der Waals surface area contributed by atoms with Gasteiger partial charge in [0.25, 0.3) is 5.91 Å². The zero-order valence-corrected chi connectivity index (χ0v) is 13.9. The Balaban J connectivity index is 1.70. The molecule has 1 amide bonds. The molecule has 25 heavy (non-hydrogen) atoms. The smallest absolute Gasteiger partial charge is 0.258 e. The normalized spacial score (nSPS) is 10.4. The molecular weight excluding hydrogens is 319 g/mol. The number of aromatic nitrogens is 2. The zero-order valence-electron chi connectivity index (χ0n) is 13.9. The number of amides is 1. The number of carbonyl (C=O) groups excluding carboxylic acids is 1. The van der Waals surface area contributed by atoms with E-state index in [4.69, 9.17) is 0 Å². The third kappa shape index (κ3) is 3.98. The summed E-state index contributed by atoms with van der Waals surface area (Å²) in [5.74, 6) is -0.490. The summed E-state index contributed by atoms with van der Waals surface area (Å²) in [6, 6.07) is 11.9. The van der Waals surface area contributed by atoms with Gasteiger partial charge in [0.15, 0.2) is 0 Å². The molecule has 0 atom stereocenters. The van der Waals surface area contributed by atoms with Crippen LogP contribution in [-0.2, 0) is 0 Å². The molecule has 0 spiro atoms. The molecular formula is C19H17FN4O. The Morgan fingerprint density at radius 2 is 1.72 bits per heavy atom. The Bertz CT molecular complexity index is 910. The molecule has 0 fully saturated rings. The van der Waals surface area contributed by atoms with Crippen molar-refractivity contribution in [2.45, 2.75) is 13.8 Å². The van der Waals surface area contributed by atoms with Gasteiger partial charge in [-0.3, -0.25) is 4.79 Å². The Hall–Kier alpha value is -3.28. The fraction of sp³-hybridized carbons (Fsp3) is 0.105. The second kappa shape index (κ2) is 7.09. The molecule has 0 bridgehead atoms. The first kappa shape index (κ1) is 16.6. The highest BCUT2D eigenvalue weighted by atomic mass is 19.1. The fourth-order valence-electron chi connectivity index (χ4n) is 2.22. The van der Waals surface area contributed by atoms with Crippen LogP contribution in [0.2, 0.25) is 0 Å². The lowest BCUT2D eigenvalue weighted by Crippen LogP contribution is -2.13. The van der Waals surface area contributed by atoms with Crippen LogP contribution in [-0.4, -0.2) is 15.9 Å². The molecule has 1 heterocycles. The highest BCUT2D eigenvalue weighted by molar-refractivity contribution is 6.03. The van der Waals surface area contributed by atoms with Crippen LogP contribution in [0.3, 0.4) is 0 Å². The van der Waals surface area contributed by atoms with E-state index in [1.54, 1.807) is 18.2 Å². The average molecular weight is 336 g/mol. The standard InChI is InChI=1S/C19H17FN4O/c1-12-7-8-15(9-13(12)2)23-18(25)14-10-21-19(22-11-14)24-17-6-4-3-5-16(17)20/h3-11H,1-2H3,(H,23,25)(H,21,22,24). The molecule has 3 aromatic rings. The maximum Gasteiger partial charge on any atom is 0.258 e. The van der Waals surface area contributed by atoms with E-state index < -0.39 is 5.82 Å². The highest BCUT2D eigenvalue weighted by Crippen LogP contribution is 2.17. The first-order valence-corrected chi connectivity index (χ1v) is 7.75. The molecule has 126 valence electrons. The molecule has 0 aliphatic rings. The van der Waals surface area contributed by atoms with Crippen molar-refractivity contribution in [3.05, 3.63) is 77.4 Å². The maximum atomic E-state index is 13.6. The van der Waals surface area contributed by atoms with Gasteiger partial charge in [-0.2, -0.15) is 0 Å². The lowest BCUT2D eigenvalue weighted by Gasteiger charge is -2.08. The predicted octanol–water partition coefficient (Wildman–Crippen LogP) is 4.23. The van der Waals surface area contributed by atoms with E-state index in [0.29, 0.717) is 11.3 Å². The van der Waals surface area contributed by atoms with E-state index in [2.05, 4.69) is 20.6 Å². The van der Waals surface area contributed by atoms with Gasteiger partial charge >= 0.3 is 0 Å². The van der Waals surface area contributed by atoms with Crippen LogP contribution in [0.4, 0.5) is 21.7 Å². The predicted molar refractivity (Wildman–Crippen MR) is 95.6 cm³/mol. The summed E-state index contributed by atoms with van der Waals surface area (Å²) in [5, 5.41) is 5.58. The first-order chi connectivity index (χ1) is 12.0. The number of benzene rings is 2. The van der Waals surface area contributed by atoms with Crippen molar-refractivity contribution >= 4 is 23.2 Å². The van der Waals surface area contributed by atoms with E-state index in [-0.39, 0.29) is 17.5 Å². The largest absolute Gasteiger partial charge is 0.322 e. The lowest BCUT2D eigenvalue weighted by molar-refractivity contribution is 0.102. The number of halogens is 1. The topological polar surface area (TPSA) is 66.9 Å². The highest BCUT2D eigenvalue weighted by Gasteiger charge is 2.09. The summed E-state index contributed by atoms with van der Waals surface area (Å²) in [5.41, 5.74) is 3.55. The van der Waals surface area contributed by atoms with Crippen molar-refractivity contribution in [2.24, 2.45) is 0 Å². The van der Waals surface area contributed by atoms with Crippen LogP contribution in [0.25, 0.3) is 0 Å². The Morgan fingerprint density at radius 3 is 2.40 bits per heavy atom. The molecule has 1 aromatic heterocycles. The number of hydrogen-bond donors (Lipinski definition) is 2. The van der Waals surface area contributed by atoms with Crippen molar-refractivity contribution < 1.29 is 9.18 Å². The fourth-order valence-corrected chi connectivity index (χ4v) is 2.22. The Labute approximate surface area is 145 Å². The van der Waals surface area contributed by atoms with Crippen LogP contribution in [0.15, 0.2) is 54.9 Å². The molecule has 5 nitrogen and oxygen atoms in total. The summed E-state index contributed by atoms with van der Waals surface area (Å²) >= 11 is 0. The van der Waals surface area contributed by atoms with Gasteiger partial charge in [0.05, 0.1) is 11.3 Å². The zero-order chi connectivity index (χ0) is 17.8. The van der Waals surface area contributed by atoms with Gasteiger partial charge in [0, 0.05) is 18.1 Å². The minimum Gasteiger partial charge on any atom is -0.322 e. The molecule has 2 N–H and O–H groups in total. The summed E-state index contributed by atoms with van der Waals surface area (Å²) < 4.78 is 13.6. The van der Waals surface area contributed by atoms with Gasteiger partial charge in [0.2, 0.25) is 5.95 Å². The lowest BCUT2D eigenvalue weighted by atomic mass is 10.1. The summed E-state index contributed by atoms with van der Waals surface area (Å²) in [4.78, 5) is 20.4. The number of aryl methyl sites for hydroxylation is 2. The van der Waals surface area contributed by atoms with Gasteiger partial charge in [0.1, 0.15) is 5.82 Å². The van der Waals surface area contributed by atoms with Crippen LogP contribution in [0.5, 0.6) is 0 Å². The number of carbonyl (C=O) groups is 1. The van der Waals surface area contributed by atoms with Crippen LogP contribution < -0.4 is 10.6 Å². The van der Waals surface area contributed by atoms with Crippen molar-refractivity contribution in [1.82, 2.24) is 9.97 Å². The number of rotatable bonds is 4. The van der Waals surface area contributed by atoms with E-state index >= 15 is 0 Å². The number of hydrogen-bond acceptors (Lipinski definition) is 4. The van der Waals surface area contributed by atoms with Crippen molar-refractivity contribution in [2.75, 3.05) is 10.6 Å². The van der Waals surface area contributed by atoms with E-state index in [1.165, 1.54) is 18.5 Å². The minimum atomic E-state index is -0.400. The van der Waals surface area contributed by atoms with Gasteiger partial charge in [-0.25, -0.2) is 14.4 Å². The number of nitrogens with zero attached hydrogens (tertiary/aromatic N) is 2. The maximum absolute atomic E-state index is 13.6.